The van der Waals surface area contributed by atoms with Crippen molar-refractivity contribution in [3.05, 3.63) is 194 Å². The summed E-state index contributed by atoms with van der Waals surface area (Å²) in [5, 5.41) is 7.42. The van der Waals surface area contributed by atoms with E-state index >= 15 is 0 Å². The van der Waals surface area contributed by atoms with Gasteiger partial charge in [-0.25, -0.2) is 0 Å². The Morgan fingerprint density at radius 1 is 0.411 bits per heavy atom. The van der Waals surface area contributed by atoms with Gasteiger partial charge in [0.2, 0.25) is 0 Å². The average molecular weight is 718 g/mol. The number of aromatic nitrogens is 4. The van der Waals surface area contributed by atoms with Crippen LogP contribution < -0.4 is 5.32 Å². The van der Waals surface area contributed by atoms with Gasteiger partial charge < -0.3 is 14.5 Å². The zero-order chi connectivity index (χ0) is 37.0. The summed E-state index contributed by atoms with van der Waals surface area (Å²) in [6.07, 6.45) is 8.14. The Hall–Kier alpha value is -7.50. The first-order chi connectivity index (χ1) is 27.8. The van der Waals surface area contributed by atoms with Gasteiger partial charge in [-0.05, 0) is 125 Å². The minimum atomic E-state index is 0.797. The summed E-state index contributed by atoms with van der Waals surface area (Å²) in [6, 6.07) is 60.7. The van der Waals surface area contributed by atoms with Crippen LogP contribution in [0.25, 0.3) is 94.9 Å². The molecule has 1 N–H and O–H groups in total. The maximum absolute atomic E-state index is 4.66. The molecule has 1 aliphatic rings. The van der Waals surface area contributed by atoms with E-state index in [-0.39, 0.29) is 0 Å². The molecule has 0 fully saturated rings. The summed E-state index contributed by atoms with van der Waals surface area (Å²) < 4.78 is 4.74. The van der Waals surface area contributed by atoms with Gasteiger partial charge in [0, 0.05) is 57.6 Å². The first-order valence-electron chi connectivity index (χ1n) is 19.0. The molecule has 4 aromatic heterocycles. The lowest BCUT2D eigenvalue weighted by Crippen LogP contribution is -2.05. The lowest BCUT2D eigenvalue weighted by molar-refractivity contribution is 1.10. The van der Waals surface area contributed by atoms with Gasteiger partial charge in [-0.15, -0.1) is 0 Å². The Bertz CT molecular complexity index is 3050. The third-order valence-electron chi connectivity index (χ3n) is 11.0. The molecule has 6 aromatic carbocycles. The van der Waals surface area contributed by atoms with Crippen LogP contribution >= 0.6 is 0 Å². The SMILES string of the molecule is C1=Cc2c(c3cc(-c4ccc5c(c4)c4ccccc4n5-c4ccccc4)ccc3n2-c2ccc(-c3cc(-c4ccccn4)cc(-c4ccccn4)c3)cc2)NC1. The fourth-order valence-electron chi connectivity index (χ4n) is 8.41. The maximum Gasteiger partial charge on any atom is 0.0702 e. The van der Waals surface area contributed by atoms with Gasteiger partial charge in [-0.1, -0.05) is 78.9 Å². The number of hydrogen-bond acceptors (Lipinski definition) is 3. The fourth-order valence-corrected chi connectivity index (χ4v) is 8.41. The summed E-state index contributed by atoms with van der Waals surface area (Å²) in [5.74, 6) is 0. The Morgan fingerprint density at radius 2 is 0.982 bits per heavy atom. The highest BCUT2D eigenvalue weighted by Gasteiger charge is 2.20. The highest BCUT2D eigenvalue weighted by Crippen LogP contribution is 2.41. The monoisotopic (exact) mass is 717 g/mol. The standard InChI is InChI=1S/C51H35N5/c1-2-11-40(12-3-1)55-47-16-5-4-13-42(47)43-32-35(20-24-48(43)55)36-21-25-49-44(33-36)51-50(17-10-28-54-51)56(49)41-22-18-34(19-23-41)37-29-38(45-14-6-8-26-52-45)31-39(30-37)46-15-7-9-27-53-46/h1-27,29-33,54H,28H2. The molecule has 0 radical (unpaired) electrons. The van der Waals surface area contributed by atoms with Gasteiger partial charge in [-0.3, -0.25) is 9.97 Å². The number of rotatable bonds is 6. The van der Waals surface area contributed by atoms with Crippen molar-refractivity contribution in [2.75, 3.05) is 11.9 Å². The third-order valence-corrected chi connectivity index (χ3v) is 11.0. The van der Waals surface area contributed by atoms with Gasteiger partial charge >= 0.3 is 0 Å². The molecule has 11 rings (SSSR count). The quantitative estimate of drug-likeness (QED) is 0.186. The number of hydrogen-bond donors (Lipinski definition) is 1. The molecule has 5 nitrogen and oxygen atoms in total. The highest BCUT2D eigenvalue weighted by atomic mass is 15.0. The lowest BCUT2D eigenvalue weighted by atomic mass is 9.96. The van der Waals surface area contributed by atoms with Crippen molar-refractivity contribution >= 4 is 44.5 Å². The minimum Gasteiger partial charge on any atom is -0.379 e. The molecule has 0 amide bonds. The van der Waals surface area contributed by atoms with E-state index in [2.05, 4.69) is 182 Å². The van der Waals surface area contributed by atoms with Crippen molar-refractivity contribution in [3.63, 3.8) is 0 Å². The molecular weight excluding hydrogens is 683 g/mol. The molecule has 5 heterocycles. The number of benzene rings is 6. The molecule has 0 saturated carbocycles. The second kappa shape index (κ2) is 13.1. The molecule has 10 aromatic rings. The lowest BCUT2D eigenvalue weighted by Gasteiger charge is -2.14. The van der Waals surface area contributed by atoms with Gasteiger partial charge in [0.1, 0.15) is 0 Å². The number of para-hydroxylation sites is 2. The molecule has 1 aliphatic heterocycles. The van der Waals surface area contributed by atoms with Crippen LogP contribution in [-0.2, 0) is 0 Å². The van der Waals surface area contributed by atoms with Crippen LogP contribution in [-0.4, -0.2) is 25.6 Å². The predicted molar refractivity (Wildman–Crippen MR) is 232 cm³/mol. The molecular formula is C51H35N5. The number of nitrogens with zero attached hydrogens (tertiary/aromatic N) is 4. The van der Waals surface area contributed by atoms with Crippen molar-refractivity contribution in [2.45, 2.75) is 0 Å². The van der Waals surface area contributed by atoms with Crippen LogP contribution in [0.4, 0.5) is 5.69 Å². The van der Waals surface area contributed by atoms with E-state index in [1.165, 1.54) is 55.2 Å². The number of fused-ring (bicyclic) bond motifs is 6. The summed E-state index contributed by atoms with van der Waals surface area (Å²) in [6.45, 7) is 0.797. The number of pyridine rings is 2. The largest absolute Gasteiger partial charge is 0.379 e. The van der Waals surface area contributed by atoms with Gasteiger partial charge in [0.05, 0.1) is 39.3 Å². The molecule has 0 spiro atoms. The fraction of sp³-hybridized carbons (Fsp3) is 0.0196. The van der Waals surface area contributed by atoms with Crippen LogP contribution in [0.1, 0.15) is 5.69 Å². The maximum atomic E-state index is 4.66. The highest BCUT2D eigenvalue weighted by molar-refractivity contribution is 6.11. The van der Waals surface area contributed by atoms with Gasteiger partial charge in [0.15, 0.2) is 0 Å². The van der Waals surface area contributed by atoms with E-state index in [1.807, 2.05) is 36.7 Å². The van der Waals surface area contributed by atoms with Crippen molar-refractivity contribution in [3.8, 4) is 56.1 Å². The summed E-state index contributed by atoms with van der Waals surface area (Å²) >= 11 is 0. The molecule has 0 atom stereocenters. The number of anilines is 1. The second-order valence-electron chi connectivity index (χ2n) is 14.3. The molecule has 5 heteroatoms. The second-order valence-corrected chi connectivity index (χ2v) is 14.3. The summed E-state index contributed by atoms with van der Waals surface area (Å²) in [5.41, 5.74) is 16.8. The Kier molecular flexibility index (Phi) is 7.49. The van der Waals surface area contributed by atoms with E-state index in [4.69, 9.17) is 0 Å². The summed E-state index contributed by atoms with van der Waals surface area (Å²) in [4.78, 5) is 9.32. The van der Waals surface area contributed by atoms with E-state index in [0.29, 0.717) is 0 Å². The van der Waals surface area contributed by atoms with E-state index in [0.717, 1.165) is 51.6 Å². The zero-order valence-electron chi connectivity index (χ0n) is 30.5. The van der Waals surface area contributed by atoms with Crippen LogP contribution in [0.3, 0.4) is 0 Å². The van der Waals surface area contributed by atoms with Crippen LogP contribution in [0, 0.1) is 0 Å². The van der Waals surface area contributed by atoms with E-state index in [1.54, 1.807) is 0 Å². The van der Waals surface area contributed by atoms with Crippen molar-refractivity contribution in [2.24, 2.45) is 0 Å². The summed E-state index contributed by atoms with van der Waals surface area (Å²) in [7, 11) is 0. The zero-order valence-corrected chi connectivity index (χ0v) is 30.5. The predicted octanol–water partition coefficient (Wildman–Crippen LogP) is 12.6. The van der Waals surface area contributed by atoms with Gasteiger partial charge in [-0.2, -0.15) is 0 Å². The Labute approximate surface area is 324 Å². The first-order valence-corrected chi connectivity index (χ1v) is 19.0. The van der Waals surface area contributed by atoms with Crippen molar-refractivity contribution < 1.29 is 0 Å². The molecule has 0 unspecified atom stereocenters. The molecule has 0 aliphatic carbocycles. The normalized spacial score (nSPS) is 12.3. The molecule has 0 bridgehead atoms. The Balaban J connectivity index is 1.00. The van der Waals surface area contributed by atoms with Crippen molar-refractivity contribution in [1.82, 2.24) is 19.1 Å². The minimum absolute atomic E-state index is 0.797. The Morgan fingerprint density at radius 3 is 1.68 bits per heavy atom. The van der Waals surface area contributed by atoms with E-state index in [9.17, 15) is 0 Å². The van der Waals surface area contributed by atoms with Crippen LogP contribution in [0.5, 0.6) is 0 Å². The van der Waals surface area contributed by atoms with E-state index < -0.39 is 0 Å². The molecule has 56 heavy (non-hydrogen) atoms. The molecule has 264 valence electrons. The average Bonchev–Trinajstić information content (AvgIpc) is 3.79. The van der Waals surface area contributed by atoms with Crippen molar-refractivity contribution in [1.29, 1.82) is 0 Å². The van der Waals surface area contributed by atoms with Crippen LogP contribution in [0.2, 0.25) is 0 Å². The third kappa shape index (κ3) is 5.32. The molecule has 0 saturated heterocycles. The smallest absolute Gasteiger partial charge is 0.0702 e. The van der Waals surface area contributed by atoms with Crippen LogP contribution in [0.15, 0.2) is 188 Å². The van der Waals surface area contributed by atoms with Gasteiger partial charge in [0.25, 0.3) is 0 Å². The first kappa shape index (κ1) is 32.0. The topological polar surface area (TPSA) is 47.7 Å². The number of nitrogens with one attached hydrogen (secondary N) is 1.